The molecule has 18 heavy (non-hydrogen) atoms. The highest BCUT2D eigenvalue weighted by atomic mass is 16.4. The Balaban J connectivity index is 2.42. The van der Waals surface area contributed by atoms with Gasteiger partial charge in [-0.3, -0.25) is 9.59 Å². The lowest BCUT2D eigenvalue weighted by Gasteiger charge is -2.21. The van der Waals surface area contributed by atoms with Crippen molar-refractivity contribution in [2.75, 3.05) is 0 Å². The van der Waals surface area contributed by atoms with E-state index in [0.29, 0.717) is 6.54 Å². The maximum absolute atomic E-state index is 11.7. The fraction of sp³-hybridized carbons (Fsp3) is 0.583. The van der Waals surface area contributed by atoms with E-state index in [4.69, 9.17) is 5.11 Å². The number of hydrogen-bond donors (Lipinski definition) is 2. The standard InChI is InChI=1S/C12H19N3O3/c1-12(2,7-11(17)18)6-10(16)14-8-9-13-4-5-15(9)3/h4-5H,6-8H2,1-3H3,(H,14,16)(H,17,18). The minimum atomic E-state index is -0.892. The third-order valence-corrected chi connectivity index (χ3v) is 2.63. The molecule has 0 saturated heterocycles. The third-order valence-electron chi connectivity index (χ3n) is 2.63. The van der Waals surface area contributed by atoms with E-state index in [-0.39, 0.29) is 18.7 Å². The third kappa shape index (κ3) is 4.57. The molecule has 6 heteroatoms. The molecule has 100 valence electrons. The fourth-order valence-electron chi connectivity index (χ4n) is 1.71. The molecule has 0 fully saturated rings. The van der Waals surface area contributed by atoms with Crippen molar-refractivity contribution in [3.8, 4) is 0 Å². The summed E-state index contributed by atoms with van der Waals surface area (Å²) in [7, 11) is 1.85. The zero-order valence-electron chi connectivity index (χ0n) is 10.9. The molecule has 0 spiro atoms. The van der Waals surface area contributed by atoms with Gasteiger partial charge in [-0.15, -0.1) is 0 Å². The van der Waals surface area contributed by atoms with Crippen LogP contribution in [0.25, 0.3) is 0 Å². The Kier molecular flexibility index (Phi) is 4.47. The largest absolute Gasteiger partial charge is 0.481 e. The number of imidazole rings is 1. The van der Waals surface area contributed by atoms with Gasteiger partial charge in [0.15, 0.2) is 0 Å². The molecule has 2 N–H and O–H groups in total. The molecule has 0 aliphatic carbocycles. The van der Waals surface area contributed by atoms with Crippen LogP contribution in [-0.4, -0.2) is 26.5 Å². The minimum absolute atomic E-state index is 0.0250. The second kappa shape index (κ2) is 5.66. The predicted molar refractivity (Wildman–Crippen MR) is 65.7 cm³/mol. The molecular formula is C12H19N3O3. The first-order valence-corrected chi connectivity index (χ1v) is 5.75. The van der Waals surface area contributed by atoms with Gasteiger partial charge in [-0.05, 0) is 5.41 Å². The number of nitrogens with one attached hydrogen (secondary N) is 1. The summed E-state index contributed by atoms with van der Waals surface area (Å²) in [5.41, 5.74) is -0.544. The monoisotopic (exact) mass is 253 g/mol. The number of hydrogen-bond acceptors (Lipinski definition) is 3. The molecule has 0 bridgehead atoms. The zero-order chi connectivity index (χ0) is 13.8. The Labute approximate surface area is 106 Å². The first kappa shape index (κ1) is 14.2. The molecule has 0 aliphatic heterocycles. The molecule has 1 amide bonds. The Morgan fingerprint density at radius 1 is 1.44 bits per heavy atom. The van der Waals surface area contributed by atoms with Gasteiger partial charge in [0, 0.05) is 25.9 Å². The second-order valence-electron chi connectivity index (χ2n) is 5.14. The van der Waals surface area contributed by atoms with Gasteiger partial charge >= 0.3 is 5.97 Å². The van der Waals surface area contributed by atoms with Gasteiger partial charge in [0.05, 0.1) is 13.0 Å². The van der Waals surface area contributed by atoms with E-state index < -0.39 is 11.4 Å². The van der Waals surface area contributed by atoms with Crippen molar-refractivity contribution in [1.82, 2.24) is 14.9 Å². The fourth-order valence-corrected chi connectivity index (χ4v) is 1.71. The predicted octanol–water partition coefficient (Wildman–Crippen LogP) is 0.927. The van der Waals surface area contributed by atoms with Crippen LogP contribution < -0.4 is 5.32 Å². The lowest BCUT2D eigenvalue weighted by atomic mass is 9.85. The van der Waals surface area contributed by atoms with Crippen LogP contribution in [0, 0.1) is 5.41 Å². The van der Waals surface area contributed by atoms with Crippen LogP contribution in [0.5, 0.6) is 0 Å². The van der Waals surface area contributed by atoms with E-state index in [1.54, 1.807) is 26.2 Å². The average Bonchev–Trinajstić information content (AvgIpc) is 2.58. The minimum Gasteiger partial charge on any atom is -0.481 e. The Morgan fingerprint density at radius 3 is 2.61 bits per heavy atom. The number of aromatic nitrogens is 2. The normalized spacial score (nSPS) is 11.3. The summed E-state index contributed by atoms with van der Waals surface area (Å²) in [5.74, 6) is -0.291. The van der Waals surface area contributed by atoms with Crippen molar-refractivity contribution >= 4 is 11.9 Å². The summed E-state index contributed by atoms with van der Waals surface area (Å²) >= 11 is 0. The molecule has 1 rings (SSSR count). The number of carbonyl (C=O) groups is 2. The number of carboxylic acid groups (broad SMARTS) is 1. The molecule has 6 nitrogen and oxygen atoms in total. The van der Waals surface area contributed by atoms with Gasteiger partial charge in [-0.2, -0.15) is 0 Å². The number of rotatable bonds is 6. The van der Waals surface area contributed by atoms with Crippen molar-refractivity contribution in [1.29, 1.82) is 0 Å². The molecule has 1 aromatic rings. The van der Waals surface area contributed by atoms with E-state index in [2.05, 4.69) is 10.3 Å². The molecule has 0 radical (unpaired) electrons. The number of carboxylic acids is 1. The van der Waals surface area contributed by atoms with E-state index >= 15 is 0 Å². The molecule has 0 aliphatic rings. The van der Waals surface area contributed by atoms with Crippen LogP contribution in [0.3, 0.4) is 0 Å². The first-order chi connectivity index (χ1) is 8.30. The topological polar surface area (TPSA) is 84.2 Å². The van der Waals surface area contributed by atoms with Crippen LogP contribution in [0.15, 0.2) is 12.4 Å². The van der Waals surface area contributed by atoms with Gasteiger partial charge in [0.2, 0.25) is 5.91 Å². The van der Waals surface area contributed by atoms with Crippen LogP contribution in [-0.2, 0) is 23.2 Å². The average molecular weight is 253 g/mol. The maximum Gasteiger partial charge on any atom is 0.303 e. The number of aliphatic carboxylic acids is 1. The van der Waals surface area contributed by atoms with Gasteiger partial charge in [-0.1, -0.05) is 13.8 Å². The first-order valence-electron chi connectivity index (χ1n) is 5.75. The number of carbonyl (C=O) groups excluding carboxylic acids is 1. The van der Waals surface area contributed by atoms with E-state index in [1.165, 1.54) is 0 Å². The number of aryl methyl sites for hydroxylation is 1. The summed E-state index contributed by atoms with van der Waals surface area (Å²) in [5, 5.41) is 11.5. The Morgan fingerprint density at radius 2 is 2.11 bits per heavy atom. The molecule has 0 unspecified atom stereocenters. The lowest BCUT2D eigenvalue weighted by Crippen LogP contribution is -2.30. The summed E-state index contributed by atoms with van der Waals surface area (Å²) in [6, 6.07) is 0. The molecule has 0 aromatic carbocycles. The van der Waals surface area contributed by atoms with Gasteiger partial charge in [0.1, 0.15) is 5.82 Å². The Bertz CT molecular complexity index is 438. The SMILES string of the molecule is Cn1ccnc1CNC(=O)CC(C)(C)CC(=O)O. The zero-order valence-corrected chi connectivity index (χ0v) is 10.9. The van der Waals surface area contributed by atoms with E-state index in [0.717, 1.165) is 5.82 Å². The van der Waals surface area contributed by atoms with Gasteiger partial charge < -0.3 is 15.0 Å². The van der Waals surface area contributed by atoms with E-state index in [1.807, 2.05) is 11.6 Å². The van der Waals surface area contributed by atoms with Crippen molar-refractivity contribution in [2.24, 2.45) is 12.5 Å². The van der Waals surface area contributed by atoms with Crippen LogP contribution in [0.4, 0.5) is 0 Å². The van der Waals surface area contributed by atoms with Crippen molar-refractivity contribution in [3.63, 3.8) is 0 Å². The highest BCUT2D eigenvalue weighted by Crippen LogP contribution is 2.24. The highest BCUT2D eigenvalue weighted by molar-refractivity contribution is 5.77. The van der Waals surface area contributed by atoms with Crippen molar-refractivity contribution in [3.05, 3.63) is 18.2 Å². The quantitative estimate of drug-likeness (QED) is 0.789. The number of amides is 1. The molecular weight excluding hydrogens is 234 g/mol. The van der Waals surface area contributed by atoms with Crippen molar-refractivity contribution in [2.45, 2.75) is 33.2 Å². The maximum atomic E-state index is 11.7. The van der Waals surface area contributed by atoms with Crippen LogP contribution in [0.1, 0.15) is 32.5 Å². The summed E-state index contributed by atoms with van der Waals surface area (Å²) in [6.45, 7) is 3.88. The molecule has 0 atom stereocenters. The highest BCUT2D eigenvalue weighted by Gasteiger charge is 2.25. The van der Waals surface area contributed by atoms with Crippen molar-refractivity contribution < 1.29 is 14.7 Å². The second-order valence-corrected chi connectivity index (χ2v) is 5.14. The van der Waals surface area contributed by atoms with E-state index in [9.17, 15) is 9.59 Å². The van der Waals surface area contributed by atoms with Gasteiger partial charge in [-0.25, -0.2) is 4.98 Å². The summed E-state index contributed by atoms with van der Waals surface area (Å²) in [4.78, 5) is 26.4. The molecule has 1 heterocycles. The summed E-state index contributed by atoms with van der Waals surface area (Å²) < 4.78 is 1.82. The molecule has 0 saturated carbocycles. The van der Waals surface area contributed by atoms with Crippen LogP contribution >= 0.6 is 0 Å². The smallest absolute Gasteiger partial charge is 0.303 e. The summed E-state index contributed by atoms with van der Waals surface area (Å²) in [6.07, 6.45) is 3.62. The lowest BCUT2D eigenvalue weighted by molar-refractivity contribution is -0.139. The Hall–Kier alpha value is -1.85. The van der Waals surface area contributed by atoms with Gasteiger partial charge in [0.25, 0.3) is 0 Å². The number of nitrogens with zero attached hydrogens (tertiary/aromatic N) is 2. The van der Waals surface area contributed by atoms with Crippen LogP contribution in [0.2, 0.25) is 0 Å². The molecule has 1 aromatic heterocycles.